The van der Waals surface area contributed by atoms with Crippen LogP contribution in [-0.4, -0.2) is 23.8 Å². The van der Waals surface area contributed by atoms with Crippen LogP contribution in [0.2, 0.25) is 0 Å². The third-order valence-corrected chi connectivity index (χ3v) is 3.14. The molecule has 3 nitrogen and oxygen atoms in total. The monoisotopic (exact) mass is 276 g/mol. The number of esters is 1. The van der Waals surface area contributed by atoms with Crippen LogP contribution in [0.4, 0.5) is 0 Å². The predicted octanol–water partition coefficient (Wildman–Crippen LogP) is 3.43. The first-order valence-corrected chi connectivity index (χ1v) is 7.25. The first-order valence-electron chi connectivity index (χ1n) is 7.25. The van der Waals surface area contributed by atoms with Crippen LogP contribution in [0.15, 0.2) is 36.4 Å². The molecule has 0 bridgehead atoms. The summed E-state index contributed by atoms with van der Waals surface area (Å²) >= 11 is 0. The fraction of sp³-hybridized carbons (Fsp3) is 0.471. The van der Waals surface area contributed by atoms with Gasteiger partial charge in [-0.25, -0.2) is 0 Å². The summed E-state index contributed by atoms with van der Waals surface area (Å²) in [6.07, 6.45) is 5.21. The van der Waals surface area contributed by atoms with Gasteiger partial charge in [0.2, 0.25) is 0 Å². The van der Waals surface area contributed by atoms with E-state index in [-0.39, 0.29) is 5.97 Å². The van der Waals surface area contributed by atoms with Gasteiger partial charge in [-0.05, 0) is 25.3 Å². The maximum absolute atomic E-state index is 11.9. The Labute approximate surface area is 121 Å². The number of aliphatic hydroxyl groups is 1. The molecule has 110 valence electrons. The molecular formula is C17H24O3. The Hall–Kier alpha value is -1.61. The van der Waals surface area contributed by atoms with Crippen LogP contribution in [0.1, 0.15) is 38.7 Å². The second kappa shape index (κ2) is 9.32. The van der Waals surface area contributed by atoms with Crippen LogP contribution >= 0.6 is 0 Å². The molecule has 0 amide bonds. The number of allylic oxidation sites excluding steroid dienone is 1. The maximum Gasteiger partial charge on any atom is 0.311 e. The molecule has 0 aliphatic carbocycles. The lowest BCUT2D eigenvalue weighted by Gasteiger charge is -2.19. The van der Waals surface area contributed by atoms with Crippen molar-refractivity contribution in [3.8, 4) is 0 Å². The van der Waals surface area contributed by atoms with E-state index in [1.807, 2.05) is 49.4 Å². The zero-order valence-corrected chi connectivity index (χ0v) is 12.3. The van der Waals surface area contributed by atoms with Gasteiger partial charge in [0.25, 0.3) is 0 Å². The van der Waals surface area contributed by atoms with Gasteiger partial charge >= 0.3 is 5.97 Å². The number of aliphatic hydroxyl groups excluding tert-OH is 1. The highest BCUT2D eigenvalue weighted by Gasteiger charge is 2.26. The molecule has 0 saturated carbocycles. The molecule has 0 heterocycles. The molecule has 0 radical (unpaired) electrons. The minimum Gasteiger partial charge on any atom is -0.466 e. The van der Waals surface area contributed by atoms with Gasteiger partial charge in [-0.3, -0.25) is 4.79 Å². The Bertz CT molecular complexity index is 412. The van der Waals surface area contributed by atoms with Crippen LogP contribution in [0.5, 0.6) is 0 Å². The highest BCUT2D eigenvalue weighted by molar-refractivity contribution is 5.73. The Kier molecular flexibility index (Phi) is 7.66. The molecule has 1 aromatic carbocycles. The molecule has 3 heteroatoms. The molecule has 1 aromatic rings. The van der Waals surface area contributed by atoms with Crippen molar-refractivity contribution < 1.29 is 14.6 Å². The fourth-order valence-corrected chi connectivity index (χ4v) is 2.07. The third kappa shape index (κ3) is 5.57. The number of rotatable bonds is 8. The van der Waals surface area contributed by atoms with Gasteiger partial charge in [-0.15, -0.1) is 0 Å². The van der Waals surface area contributed by atoms with E-state index in [9.17, 15) is 9.90 Å². The van der Waals surface area contributed by atoms with Crippen molar-refractivity contribution in [1.82, 2.24) is 0 Å². The highest BCUT2D eigenvalue weighted by atomic mass is 16.5. The van der Waals surface area contributed by atoms with Gasteiger partial charge in [-0.1, -0.05) is 55.8 Å². The molecule has 0 spiro atoms. The number of carbonyl (C=O) groups is 1. The van der Waals surface area contributed by atoms with Gasteiger partial charge in [0.1, 0.15) is 0 Å². The molecule has 1 rings (SSSR count). The van der Waals surface area contributed by atoms with E-state index in [1.54, 1.807) is 6.92 Å². The first-order chi connectivity index (χ1) is 9.69. The second-order valence-electron chi connectivity index (χ2n) is 4.76. The molecule has 0 aliphatic rings. The van der Waals surface area contributed by atoms with Crippen LogP contribution in [0.25, 0.3) is 6.08 Å². The first kappa shape index (κ1) is 16.4. The van der Waals surface area contributed by atoms with Gasteiger partial charge in [0.15, 0.2) is 0 Å². The van der Waals surface area contributed by atoms with Crippen molar-refractivity contribution in [2.75, 3.05) is 6.61 Å². The summed E-state index contributed by atoms with van der Waals surface area (Å²) in [7, 11) is 0. The zero-order valence-electron chi connectivity index (χ0n) is 12.3. The fourth-order valence-electron chi connectivity index (χ4n) is 2.07. The summed E-state index contributed by atoms with van der Waals surface area (Å²) in [6, 6.07) is 9.89. The molecule has 0 fully saturated rings. The van der Waals surface area contributed by atoms with Crippen molar-refractivity contribution in [3.63, 3.8) is 0 Å². The average molecular weight is 276 g/mol. The van der Waals surface area contributed by atoms with E-state index in [2.05, 4.69) is 0 Å². The minimum absolute atomic E-state index is 0.314. The largest absolute Gasteiger partial charge is 0.466 e. The van der Waals surface area contributed by atoms with Crippen molar-refractivity contribution in [2.24, 2.45) is 5.92 Å². The maximum atomic E-state index is 11.9. The summed E-state index contributed by atoms with van der Waals surface area (Å²) in [4.78, 5) is 11.9. The van der Waals surface area contributed by atoms with E-state index in [0.29, 0.717) is 19.4 Å². The molecule has 0 unspecified atom stereocenters. The van der Waals surface area contributed by atoms with E-state index in [0.717, 1.165) is 12.0 Å². The molecule has 0 aromatic heterocycles. The quantitative estimate of drug-likeness (QED) is 0.740. The standard InChI is InChI=1S/C17H24O3/c1-3-9-16(18)15(17(19)20-4-2)13-8-12-14-10-6-5-7-11-14/h5-8,10-12,15-16,18H,3-4,9,13H2,1-2H3/b12-8+/t15-,16-/m1/s1. The number of carbonyl (C=O) groups excluding carboxylic acids is 1. The SMILES string of the molecule is CCC[C@@H](O)[C@@H](C/C=C/c1ccccc1)C(=O)OCC. The van der Waals surface area contributed by atoms with Crippen molar-refractivity contribution >= 4 is 12.0 Å². The van der Waals surface area contributed by atoms with Gasteiger partial charge in [-0.2, -0.15) is 0 Å². The van der Waals surface area contributed by atoms with Crippen LogP contribution < -0.4 is 0 Å². The highest BCUT2D eigenvalue weighted by Crippen LogP contribution is 2.17. The third-order valence-electron chi connectivity index (χ3n) is 3.14. The predicted molar refractivity (Wildman–Crippen MR) is 81.1 cm³/mol. The number of hydrogen-bond acceptors (Lipinski definition) is 3. The lowest BCUT2D eigenvalue weighted by atomic mass is 9.95. The Balaban J connectivity index is 2.64. The molecule has 2 atom stereocenters. The second-order valence-corrected chi connectivity index (χ2v) is 4.76. The van der Waals surface area contributed by atoms with Gasteiger partial charge < -0.3 is 9.84 Å². The Morgan fingerprint density at radius 3 is 2.60 bits per heavy atom. The van der Waals surface area contributed by atoms with Crippen molar-refractivity contribution in [2.45, 2.75) is 39.2 Å². The number of ether oxygens (including phenoxy) is 1. The van der Waals surface area contributed by atoms with Crippen LogP contribution in [-0.2, 0) is 9.53 Å². The van der Waals surface area contributed by atoms with Crippen LogP contribution in [0.3, 0.4) is 0 Å². The molecular weight excluding hydrogens is 252 g/mol. The topological polar surface area (TPSA) is 46.5 Å². The summed E-state index contributed by atoms with van der Waals surface area (Å²) in [6.45, 7) is 4.11. The van der Waals surface area contributed by atoms with E-state index in [1.165, 1.54) is 0 Å². The van der Waals surface area contributed by atoms with Gasteiger partial charge in [0.05, 0.1) is 18.6 Å². The molecule has 1 N–H and O–H groups in total. The summed E-state index contributed by atoms with van der Waals surface area (Å²) < 4.78 is 5.04. The molecule has 20 heavy (non-hydrogen) atoms. The van der Waals surface area contributed by atoms with Gasteiger partial charge in [0, 0.05) is 0 Å². The lowest BCUT2D eigenvalue weighted by Crippen LogP contribution is -2.29. The van der Waals surface area contributed by atoms with Crippen LogP contribution in [0, 0.1) is 5.92 Å². The summed E-state index contributed by atoms with van der Waals surface area (Å²) in [5, 5.41) is 10.1. The average Bonchev–Trinajstić information content (AvgIpc) is 2.45. The Morgan fingerprint density at radius 1 is 1.30 bits per heavy atom. The number of benzene rings is 1. The normalized spacial score (nSPS) is 14.2. The van der Waals surface area contributed by atoms with E-state index in [4.69, 9.17) is 4.74 Å². The molecule has 0 aliphatic heterocycles. The molecule has 0 saturated heterocycles. The van der Waals surface area contributed by atoms with Crippen molar-refractivity contribution in [1.29, 1.82) is 0 Å². The minimum atomic E-state index is -0.639. The Morgan fingerprint density at radius 2 is 2.00 bits per heavy atom. The summed E-state index contributed by atoms with van der Waals surface area (Å²) in [5.41, 5.74) is 1.08. The lowest BCUT2D eigenvalue weighted by molar-refractivity contribution is -0.152. The van der Waals surface area contributed by atoms with E-state index < -0.39 is 12.0 Å². The summed E-state index contributed by atoms with van der Waals surface area (Å²) in [5.74, 6) is -0.791. The van der Waals surface area contributed by atoms with Crippen molar-refractivity contribution in [3.05, 3.63) is 42.0 Å². The zero-order chi connectivity index (χ0) is 14.8. The number of hydrogen-bond donors (Lipinski definition) is 1. The smallest absolute Gasteiger partial charge is 0.311 e. The van der Waals surface area contributed by atoms with E-state index >= 15 is 0 Å².